The largest absolute Gasteiger partial charge is 0.494 e. The number of nitrogens with one attached hydrogen (secondary N) is 1. The molecule has 0 aliphatic rings. The predicted molar refractivity (Wildman–Crippen MR) is 79.7 cm³/mol. The van der Waals surface area contributed by atoms with Crippen molar-refractivity contribution in [2.45, 2.75) is 12.3 Å². The molecule has 0 spiro atoms. The molecule has 0 radical (unpaired) electrons. The van der Waals surface area contributed by atoms with Crippen LogP contribution in [-0.2, 0) is 6.42 Å². The van der Waals surface area contributed by atoms with Gasteiger partial charge in [0.2, 0.25) is 0 Å². The van der Waals surface area contributed by atoms with E-state index in [0.29, 0.717) is 18.5 Å². The molecule has 2 rings (SSSR count). The highest BCUT2D eigenvalue weighted by Gasteiger charge is 2.16. The van der Waals surface area contributed by atoms with E-state index in [4.69, 9.17) is 4.74 Å². The third-order valence-corrected chi connectivity index (χ3v) is 3.52. The Morgan fingerprint density at radius 3 is 2.43 bits per heavy atom. The van der Waals surface area contributed by atoms with Gasteiger partial charge in [0.05, 0.1) is 7.11 Å². The van der Waals surface area contributed by atoms with Crippen LogP contribution in [0.2, 0.25) is 0 Å². The van der Waals surface area contributed by atoms with Gasteiger partial charge in [-0.25, -0.2) is 8.78 Å². The number of halogens is 2. The van der Waals surface area contributed by atoms with Crippen LogP contribution in [0.5, 0.6) is 5.75 Å². The van der Waals surface area contributed by atoms with Crippen LogP contribution < -0.4 is 10.1 Å². The molecule has 1 atom stereocenters. The van der Waals surface area contributed by atoms with Crippen molar-refractivity contribution in [2.75, 3.05) is 20.7 Å². The van der Waals surface area contributed by atoms with Gasteiger partial charge in [-0.15, -0.1) is 0 Å². The molecule has 112 valence electrons. The quantitative estimate of drug-likeness (QED) is 0.879. The first-order valence-electron chi connectivity index (χ1n) is 6.87. The smallest absolute Gasteiger partial charge is 0.168 e. The summed E-state index contributed by atoms with van der Waals surface area (Å²) in [5.41, 5.74) is 1.58. The lowest BCUT2D eigenvalue weighted by molar-refractivity contribution is 0.383. The van der Waals surface area contributed by atoms with Crippen molar-refractivity contribution < 1.29 is 13.5 Å². The van der Waals surface area contributed by atoms with Gasteiger partial charge in [-0.2, -0.15) is 0 Å². The summed E-state index contributed by atoms with van der Waals surface area (Å²) < 4.78 is 32.3. The van der Waals surface area contributed by atoms with Gasteiger partial charge in [0.25, 0.3) is 0 Å². The first-order valence-corrected chi connectivity index (χ1v) is 6.87. The average Bonchev–Trinajstić information content (AvgIpc) is 2.49. The van der Waals surface area contributed by atoms with Gasteiger partial charge >= 0.3 is 0 Å². The maximum Gasteiger partial charge on any atom is 0.168 e. The van der Waals surface area contributed by atoms with E-state index in [0.717, 1.165) is 5.56 Å². The number of methoxy groups -OCH3 is 1. The molecule has 2 nitrogen and oxygen atoms in total. The van der Waals surface area contributed by atoms with Crippen molar-refractivity contribution in [2.24, 2.45) is 0 Å². The Bertz CT molecular complexity index is 584. The molecular formula is C17H19F2NO. The summed E-state index contributed by atoms with van der Waals surface area (Å²) in [6.45, 7) is 0.683. The Labute approximate surface area is 123 Å². The second-order valence-corrected chi connectivity index (χ2v) is 4.94. The number of rotatable bonds is 6. The monoisotopic (exact) mass is 291 g/mol. The average molecular weight is 291 g/mol. The summed E-state index contributed by atoms with van der Waals surface area (Å²) in [5.74, 6) is -0.287. The topological polar surface area (TPSA) is 21.3 Å². The van der Waals surface area contributed by atoms with Crippen molar-refractivity contribution in [3.8, 4) is 5.75 Å². The molecule has 2 aromatic rings. The molecule has 1 unspecified atom stereocenters. The molecule has 1 N–H and O–H groups in total. The number of likely N-dealkylation sites (N-methyl/N-ethyl adjacent to an activating group) is 1. The summed E-state index contributed by atoms with van der Waals surface area (Å²) in [6, 6.07) is 11.5. The van der Waals surface area contributed by atoms with Crippen molar-refractivity contribution in [3.63, 3.8) is 0 Å². The maximum absolute atomic E-state index is 14.2. The Morgan fingerprint density at radius 1 is 1.10 bits per heavy atom. The first kappa shape index (κ1) is 15.4. The molecule has 0 saturated carbocycles. The SMILES string of the molecule is CNCC(Cc1cccc(OC)c1F)c1ccc(F)cc1. The fourth-order valence-electron chi connectivity index (χ4n) is 2.43. The standard InChI is InChI=1S/C17H19F2NO/c1-20-11-14(12-6-8-15(18)9-7-12)10-13-4-3-5-16(21-2)17(13)19/h3-9,14,20H,10-11H2,1-2H3. The number of benzene rings is 2. The van der Waals surface area contributed by atoms with E-state index >= 15 is 0 Å². The van der Waals surface area contributed by atoms with Crippen LogP contribution in [0.25, 0.3) is 0 Å². The van der Waals surface area contributed by atoms with Gasteiger partial charge < -0.3 is 10.1 Å². The summed E-state index contributed by atoms with van der Waals surface area (Å²) in [5, 5.41) is 3.10. The fraction of sp³-hybridized carbons (Fsp3) is 0.294. The van der Waals surface area contributed by atoms with Crippen LogP contribution in [-0.4, -0.2) is 20.7 Å². The van der Waals surface area contributed by atoms with Gasteiger partial charge in [0.15, 0.2) is 11.6 Å². The van der Waals surface area contributed by atoms with Gasteiger partial charge in [-0.1, -0.05) is 24.3 Å². The number of ether oxygens (including phenoxy) is 1. The van der Waals surface area contributed by atoms with Gasteiger partial charge in [0.1, 0.15) is 5.82 Å². The highest BCUT2D eigenvalue weighted by molar-refractivity contribution is 5.33. The van der Waals surface area contributed by atoms with Crippen LogP contribution in [0, 0.1) is 11.6 Å². The maximum atomic E-state index is 14.2. The summed E-state index contributed by atoms with van der Waals surface area (Å²) in [7, 11) is 3.30. The molecule has 0 bridgehead atoms. The zero-order valence-corrected chi connectivity index (χ0v) is 12.2. The molecule has 4 heteroatoms. The third kappa shape index (κ3) is 3.79. The Hall–Kier alpha value is -1.94. The van der Waals surface area contributed by atoms with Crippen LogP contribution in [0.3, 0.4) is 0 Å². The second kappa shape index (κ2) is 7.18. The zero-order valence-electron chi connectivity index (χ0n) is 12.2. The number of hydrogen-bond donors (Lipinski definition) is 1. The molecule has 0 heterocycles. The minimum absolute atomic E-state index is 0.0669. The highest BCUT2D eigenvalue weighted by Crippen LogP contribution is 2.26. The molecule has 21 heavy (non-hydrogen) atoms. The fourth-order valence-corrected chi connectivity index (χ4v) is 2.43. The van der Waals surface area contributed by atoms with Gasteiger partial charge in [-0.05, 0) is 42.8 Å². The lowest BCUT2D eigenvalue weighted by Crippen LogP contribution is -2.19. The molecule has 2 aromatic carbocycles. The first-order chi connectivity index (χ1) is 10.2. The van der Waals surface area contributed by atoms with Crippen molar-refractivity contribution in [3.05, 3.63) is 65.2 Å². The summed E-state index contributed by atoms with van der Waals surface area (Å²) >= 11 is 0. The van der Waals surface area contributed by atoms with E-state index in [9.17, 15) is 8.78 Å². The number of hydrogen-bond acceptors (Lipinski definition) is 2. The van der Waals surface area contributed by atoms with E-state index in [-0.39, 0.29) is 23.3 Å². The summed E-state index contributed by atoms with van der Waals surface area (Å²) in [6.07, 6.45) is 0.523. The van der Waals surface area contributed by atoms with Crippen LogP contribution in [0.15, 0.2) is 42.5 Å². The van der Waals surface area contributed by atoms with Crippen molar-refractivity contribution in [1.29, 1.82) is 0 Å². The van der Waals surface area contributed by atoms with Crippen molar-refractivity contribution in [1.82, 2.24) is 5.32 Å². The molecule has 0 fully saturated rings. The minimum Gasteiger partial charge on any atom is -0.494 e. The second-order valence-electron chi connectivity index (χ2n) is 4.94. The van der Waals surface area contributed by atoms with Crippen LogP contribution in [0.4, 0.5) is 8.78 Å². The lowest BCUT2D eigenvalue weighted by atomic mass is 9.91. The molecule has 0 aliphatic carbocycles. The normalized spacial score (nSPS) is 12.2. The van der Waals surface area contributed by atoms with E-state index in [2.05, 4.69) is 5.32 Å². The predicted octanol–water partition coefficient (Wildman–Crippen LogP) is 3.52. The minimum atomic E-state index is -0.330. The van der Waals surface area contributed by atoms with Gasteiger partial charge in [0, 0.05) is 12.5 Å². The Morgan fingerprint density at radius 2 is 1.81 bits per heavy atom. The Kier molecular flexibility index (Phi) is 5.28. The van der Waals surface area contributed by atoms with Gasteiger partial charge in [-0.3, -0.25) is 0 Å². The van der Waals surface area contributed by atoms with E-state index in [1.54, 1.807) is 30.3 Å². The molecule has 0 aliphatic heterocycles. The highest BCUT2D eigenvalue weighted by atomic mass is 19.1. The zero-order chi connectivity index (χ0) is 15.2. The molecular weight excluding hydrogens is 272 g/mol. The van der Waals surface area contributed by atoms with Crippen molar-refractivity contribution >= 4 is 0 Å². The van der Waals surface area contributed by atoms with E-state index in [1.165, 1.54) is 19.2 Å². The van der Waals surface area contributed by atoms with E-state index < -0.39 is 0 Å². The third-order valence-electron chi connectivity index (χ3n) is 3.52. The van der Waals surface area contributed by atoms with Crippen LogP contribution in [0.1, 0.15) is 17.0 Å². The van der Waals surface area contributed by atoms with E-state index in [1.807, 2.05) is 7.05 Å². The molecule has 0 amide bonds. The van der Waals surface area contributed by atoms with Crippen LogP contribution >= 0.6 is 0 Å². The molecule has 0 saturated heterocycles. The molecule has 0 aromatic heterocycles. The Balaban J connectivity index is 2.26. The summed E-state index contributed by atoms with van der Waals surface area (Å²) in [4.78, 5) is 0. The lowest BCUT2D eigenvalue weighted by Gasteiger charge is -2.18.